The summed E-state index contributed by atoms with van der Waals surface area (Å²) >= 11 is 3.38. The van der Waals surface area contributed by atoms with Crippen LogP contribution in [0.25, 0.3) is 0 Å². The molecule has 1 amide bonds. The molecule has 1 unspecified atom stereocenters. The Kier molecular flexibility index (Phi) is 5.51. The van der Waals surface area contributed by atoms with Crippen LogP contribution in [0.1, 0.15) is 17.3 Å². The zero-order valence-corrected chi connectivity index (χ0v) is 14.1. The Hall–Kier alpha value is -1.92. The fourth-order valence-corrected chi connectivity index (χ4v) is 2.16. The van der Waals surface area contributed by atoms with E-state index in [4.69, 9.17) is 10.5 Å². The highest BCUT2D eigenvalue weighted by Crippen LogP contribution is 2.23. The Morgan fingerprint density at radius 2 is 2.18 bits per heavy atom. The van der Waals surface area contributed by atoms with E-state index in [2.05, 4.69) is 20.9 Å². The third-order valence-corrected chi connectivity index (χ3v) is 3.82. The van der Waals surface area contributed by atoms with Crippen LogP contribution in [-0.4, -0.2) is 35.4 Å². The molecular weight excluding hydrogens is 346 g/mol. The first-order chi connectivity index (χ1) is 10.5. The lowest BCUT2D eigenvalue weighted by Gasteiger charge is -2.23. The van der Waals surface area contributed by atoms with E-state index in [0.29, 0.717) is 23.7 Å². The monoisotopic (exact) mass is 363 g/mol. The molecule has 0 saturated heterocycles. The number of halogens is 1. The molecule has 0 radical (unpaired) electrons. The Balaban J connectivity index is 2.08. The van der Waals surface area contributed by atoms with Gasteiger partial charge in [0.2, 0.25) is 5.88 Å². The standard InChI is InChI=1S/C16H18BrN3O2/c1-11(9-18)20(2)16(21)12-6-7-15(19-10-12)22-14-5-3-4-13(17)8-14/h3-8,10-11H,9,18H2,1-2H3. The van der Waals surface area contributed by atoms with Gasteiger partial charge in [0, 0.05) is 36.4 Å². The van der Waals surface area contributed by atoms with Gasteiger partial charge in [0.25, 0.3) is 5.91 Å². The predicted molar refractivity (Wildman–Crippen MR) is 89.1 cm³/mol. The number of nitrogens with two attached hydrogens (primary N) is 1. The Morgan fingerprint density at radius 3 is 2.77 bits per heavy atom. The molecule has 2 N–H and O–H groups in total. The molecule has 0 saturated carbocycles. The molecule has 2 aromatic rings. The number of hydrogen-bond acceptors (Lipinski definition) is 4. The van der Waals surface area contributed by atoms with Gasteiger partial charge in [-0.1, -0.05) is 22.0 Å². The summed E-state index contributed by atoms with van der Waals surface area (Å²) in [5.41, 5.74) is 6.08. The van der Waals surface area contributed by atoms with Crippen molar-refractivity contribution in [1.29, 1.82) is 0 Å². The van der Waals surface area contributed by atoms with Crippen molar-refractivity contribution in [2.24, 2.45) is 5.73 Å². The van der Waals surface area contributed by atoms with Crippen LogP contribution in [0, 0.1) is 0 Å². The minimum Gasteiger partial charge on any atom is -0.439 e. The highest BCUT2D eigenvalue weighted by Gasteiger charge is 2.16. The number of aromatic nitrogens is 1. The van der Waals surface area contributed by atoms with Crippen molar-refractivity contribution in [3.05, 3.63) is 52.6 Å². The highest BCUT2D eigenvalue weighted by atomic mass is 79.9. The number of pyridine rings is 1. The van der Waals surface area contributed by atoms with Gasteiger partial charge >= 0.3 is 0 Å². The molecule has 22 heavy (non-hydrogen) atoms. The smallest absolute Gasteiger partial charge is 0.255 e. The average Bonchev–Trinajstić information content (AvgIpc) is 2.53. The molecule has 0 fully saturated rings. The Labute approximate surface area is 138 Å². The van der Waals surface area contributed by atoms with Crippen molar-refractivity contribution in [1.82, 2.24) is 9.88 Å². The van der Waals surface area contributed by atoms with Crippen molar-refractivity contribution in [2.45, 2.75) is 13.0 Å². The maximum atomic E-state index is 12.2. The van der Waals surface area contributed by atoms with E-state index in [1.54, 1.807) is 24.1 Å². The summed E-state index contributed by atoms with van der Waals surface area (Å²) in [4.78, 5) is 18.0. The molecule has 0 bridgehead atoms. The number of rotatable bonds is 5. The lowest BCUT2D eigenvalue weighted by atomic mass is 10.2. The number of carbonyl (C=O) groups excluding carboxylic acids is 1. The number of hydrogen-bond donors (Lipinski definition) is 1. The lowest BCUT2D eigenvalue weighted by molar-refractivity contribution is 0.0748. The topological polar surface area (TPSA) is 68.5 Å². The van der Waals surface area contributed by atoms with Gasteiger partial charge in [0.1, 0.15) is 5.75 Å². The number of amides is 1. The van der Waals surface area contributed by atoms with Crippen molar-refractivity contribution in [3.63, 3.8) is 0 Å². The second-order valence-electron chi connectivity index (χ2n) is 4.95. The van der Waals surface area contributed by atoms with Crippen molar-refractivity contribution >= 4 is 21.8 Å². The summed E-state index contributed by atoms with van der Waals surface area (Å²) < 4.78 is 6.56. The lowest BCUT2D eigenvalue weighted by Crippen LogP contribution is -2.39. The molecular formula is C16H18BrN3O2. The second kappa shape index (κ2) is 7.38. The first kappa shape index (κ1) is 16.5. The van der Waals surface area contributed by atoms with Crippen LogP contribution in [0.5, 0.6) is 11.6 Å². The number of likely N-dealkylation sites (N-methyl/N-ethyl adjacent to an activating group) is 1. The molecule has 116 valence electrons. The molecule has 2 rings (SSSR count). The summed E-state index contributed by atoms with van der Waals surface area (Å²) in [7, 11) is 1.73. The zero-order valence-electron chi connectivity index (χ0n) is 12.5. The van der Waals surface area contributed by atoms with E-state index >= 15 is 0 Å². The van der Waals surface area contributed by atoms with Crippen LogP contribution in [0.4, 0.5) is 0 Å². The molecule has 0 aliphatic heterocycles. The van der Waals surface area contributed by atoms with Crippen LogP contribution in [0.2, 0.25) is 0 Å². The minimum absolute atomic E-state index is 0.0231. The van der Waals surface area contributed by atoms with Gasteiger partial charge in [0.05, 0.1) is 5.56 Å². The van der Waals surface area contributed by atoms with Gasteiger partial charge in [0.15, 0.2) is 0 Å². The van der Waals surface area contributed by atoms with E-state index in [1.165, 1.54) is 6.20 Å². The SMILES string of the molecule is CC(CN)N(C)C(=O)c1ccc(Oc2cccc(Br)c2)nc1. The zero-order chi connectivity index (χ0) is 16.1. The first-order valence-corrected chi connectivity index (χ1v) is 7.67. The molecule has 5 nitrogen and oxygen atoms in total. The van der Waals surface area contributed by atoms with Gasteiger partial charge in [-0.05, 0) is 31.2 Å². The van der Waals surface area contributed by atoms with E-state index in [1.807, 2.05) is 31.2 Å². The number of nitrogens with zero attached hydrogens (tertiary/aromatic N) is 2. The molecule has 0 aliphatic carbocycles. The van der Waals surface area contributed by atoms with Crippen molar-refractivity contribution < 1.29 is 9.53 Å². The van der Waals surface area contributed by atoms with Crippen LogP contribution in [0.3, 0.4) is 0 Å². The molecule has 0 aliphatic rings. The van der Waals surface area contributed by atoms with Gasteiger partial charge in [-0.15, -0.1) is 0 Å². The quantitative estimate of drug-likeness (QED) is 0.886. The van der Waals surface area contributed by atoms with Gasteiger partial charge in [-0.2, -0.15) is 0 Å². The first-order valence-electron chi connectivity index (χ1n) is 6.88. The molecule has 1 atom stereocenters. The van der Waals surface area contributed by atoms with Crippen LogP contribution >= 0.6 is 15.9 Å². The van der Waals surface area contributed by atoms with Crippen LogP contribution in [-0.2, 0) is 0 Å². The van der Waals surface area contributed by atoms with Gasteiger partial charge < -0.3 is 15.4 Å². The molecule has 1 heterocycles. The van der Waals surface area contributed by atoms with Gasteiger partial charge in [-0.3, -0.25) is 4.79 Å². The maximum Gasteiger partial charge on any atom is 0.255 e. The van der Waals surface area contributed by atoms with Crippen molar-refractivity contribution in [2.75, 3.05) is 13.6 Å². The Bertz CT molecular complexity index is 646. The van der Waals surface area contributed by atoms with E-state index in [9.17, 15) is 4.79 Å². The van der Waals surface area contributed by atoms with Gasteiger partial charge in [-0.25, -0.2) is 4.98 Å². The molecule has 6 heteroatoms. The summed E-state index contributed by atoms with van der Waals surface area (Å²) in [6.07, 6.45) is 1.51. The average molecular weight is 364 g/mol. The molecule has 1 aromatic carbocycles. The Morgan fingerprint density at radius 1 is 1.41 bits per heavy atom. The second-order valence-corrected chi connectivity index (χ2v) is 5.86. The fraction of sp³-hybridized carbons (Fsp3) is 0.250. The predicted octanol–water partition coefficient (Wildman–Crippen LogP) is 3.06. The van der Waals surface area contributed by atoms with Crippen molar-refractivity contribution in [3.8, 4) is 11.6 Å². The van der Waals surface area contributed by atoms with E-state index in [-0.39, 0.29) is 11.9 Å². The third-order valence-electron chi connectivity index (χ3n) is 3.32. The third kappa shape index (κ3) is 4.05. The van der Waals surface area contributed by atoms with Crippen LogP contribution in [0.15, 0.2) is 47.1 Å². The number of ether oxygens (including phenoxy) is 1. The summed E-state index contributed by atoms with van der Waals surface area (Å²) in [5.74, 6) is 0.999. The number of benzene rings is 1. The summed E-state index contributed by atoms with van der Waals surface area (Å²) in [6.45, 7) is 2.32. The van der Waals surface area contributed by atoms with E-state index in [0.717, 1.165) is 4.47 Å². The summed E-state index contributed by atoms with van der Waals surface area (Å²) in [6, 6.07) is 10.8. The fourth-order valence-electron chi connectivity index (χ4n) is 1.78. The largest absolute Gasteiger partial charge is 0.439 e. The minimum atomic E-state index is -0.112. The van der Waals surface area contributed by atoms with E-state index < -0.39 is 0 Å². The van der Waals surface area contributed by atoms with Crippen LogP contribution < -0.4 is 10.5 Å². The summed E-state index contributed by atoms with van der Waals surface area (Å²) in [5, 5.41) is 0. The molecule has 0 spiro atoms. The molecule has 1 aromatic heterocycles. The normalized spacial score (nSPS) is 11.8. The maximum absolute atomic E-state index is 12.2. The number of carbonyl (C=O) groups is 1. The highest BCUT2D eigenvalue weighted by molar-refractivity contribution is 9.10.